The number of ether oxygens (including phenoxy) is 1. The molecular weight excluding hydrogens is 252 g/mol. The van der Waals surface area contributed by atoms with Gasteiger partial charge >= 0.3 is 0 Å². The van der Waals surface area contributed by atoms with Gasteiger partial charge in [-0.1, -0.05) is 20.3 Å². The van der Waals surface area contributed by atoms with E-state index in [0.29, 0.717) is 23.4 Å². The van der Waals surface area contributed by atoms with Crippen LogP contribution in [0.5, 0.6) is 5.75 Å². The molecule has 112 valence electrons. The highest BCUT2D eigenvalue weighted by Crippen LogP contribution is 2.22. The fourth-order valence-electron chi connectivity index (χ4n) is 2.12. The number of benzene rings is 1. The summed E-state index contributed by atoms with van der Waals surface area (Å²) in [5.41, 5.74) is 7.00. The number of carbonyl (C=O) groups is 1. The molecule has 1 rings (SSSR count). The van der Waals surface area contributed by atoms with Gasteiger partial charge in [-0.05, 0) is 37.7 Å². The highest BCUT2D eigenvalue weighted by Gasteiger charge is 2.10. The van der Waals surface area contributed by atoms with Crippen LogP contribution in [0.15, 0.2) is 18.2 Å². The Morgan fingerprint density at radius 3 is 2.60 bits per heavy atom. The fraction of sp³-hybridized carbons (Fsp3) is 0.562. The Bertz CT molecular complexity index is 432. The van der Waals surface area contributed by atoms with Crippen molar-refractivity contribution in [1.29, 1.82) is 0 Å². The number of ketones is 1. The van der Waals surface area contributed by atoms with Gasteiger partial charge in [0.2, 0.25) is 0 Å². The molecule has 0 bridgehead atoms. The van der Waals surface area contributed by atoms with Crippen LogP contribution in [-0.4, -0.2) is 37.4 Å². The number of carbonyl (C=O) groups excluding carboxylic acids is 1. The number of nitrogen functional groups attached to an aromatic ring is 1. The molecule has 0 aromatic heterocycles. The minimum absolute atomic E-state index is 0.134. The zero-order chi connectivity index (χ0) is 15.0. The third kappa shape index (κ3) is 4.85. The first kappa shape index (κ1) is 16.5. The van der Waals surface area contributed by atoms with Crippen LogP contribution in [0.4, 0.5) is 5.69 Å². The zero-order valence-electron chi connectivity index (χ0n) is 12.8. The third-order valence-corrected chi connectivity index (χ3v) is 3.48. The zero-order valence-corrected chi connectivity index (χ0v) is 12.8. The number of anilines is 1. The summed E-state index contributed by atoms with van der Waals surface area (Å²) >= 11 is 0. The lowest BCUT2D eigenvalue weighted by atomic mass is 10.1. The number of rotatable bonds is 9. The quantitative estimate of drug-likeness (QED) is 0.557. The lowest BCUT2D eigenvalue weighted by molar-refractivity contribution is 0.0965. The van der Waals surface area contributed by atoms with E-state index in [1.807, 2.05) is 0 Å². The van der Waals surface area contributed by atoms with Crippen LogP contribution in [0, 0.1) is 0 Å². The fourth-order valence-corrected chi connectivity index (χ4v) is 2.12. The lowest BCUT2D eigenvalue weighted by Crippen LogP contribution is -2.27. The molecule has 0 fully saturated rings. The van der Waals surface area contributed by atoms with Gasteiger partial charge in [0.15, 0.2) is 5.78 Å². The molecule has 0 atom stereocenters. The minimum Gasteiger partial charge on any atom is -0.495 e. The van der Waals surface area contributed by atoms with Crippen molar-refractivity contribution in [2.75, 3.05) is 32.5 Å². The molecule has 0 aliphatic carbocycles. The number of methoxy groups -OCH3 is 1. The standard InChI is InChI=1S/C16H26N2O2/c1-4-6-10-18(5-2)11-9-15(19)13-7-8-16(20-3)14(17)12-13/h7-8,12H,4-6,9-11,17H2,1-3H3. The summed E-state index contributed by atoms with van der Waals surface area (Å²) < 4.78 is 5.10. The first-order chi connectivity index (χ1) is 9.62. The molecule has 1 aromatic rings. The van der Waals surface area contributed by atoms with Crippen molar-refractivity contribution in [1.82, 2.24) is 4.90 Å². The van der Waals surface area contributed by atoms with E-state index in [-0.39, 0.29) is 5.78 Å². The summed E-state index contributed by atoms with van der Waals surface area (Å²) in [4.78, 5) is 14.5. The summed E-state index contributed by atoms with van der Waals surface area (Å²) in [6, 6.07) is 5.22. The van der Waals surface area contributed by atoms with Crippen molar-refractivity contribution in [3.63, 3.8) is 0 Å². The van der Waals surface area contributed by atoms with E-state index in [9.17, 15) is 4.79 Å². The highest BCUT2D eigenvalue weighted by atomic mass is 16.5. The van der Waals surface area contributed by atoms with E-state index < -0.39 is 0 Å². The predicted molar refractivity (Wildman–Crippen MR) is 83.4 cm³/mol. The van der Waals surface area contributed by atoms with Crippen LogP contribution < -0.4 is 10.5 Å². The molecule has 0 radical (unpaired) electrons. The van der Waals surface area contributed by atoms with Crippen molar-refractivity contribution >= 4 is 11.5 Å². The van der Waals surface area contributed by atoms with E-state index in [2.05, 4.69) is 18.7 Å². The number of unbranched alkanes of at least 4 members (excludes halogenated alkanes) is 1. The Kier molecular flexibility index (Phi) is 7.09. The Balaban J connectivity index is 2.55. The summed E-state index contributed by atoms with van der Waals surface area (Å²) in [5.74, 6) is 0.744. The minimum atomic E-state index is 0.134. The Labute approximate surface area is 121 Å². The number of hydrogen-bond acceptors (Lipinski definition) is 4. The lowest BCUT2D eigenvalue weighted by Gasteiger charge is -2.19. The van der Waals surface area contributed by atoms with E-state index in [0.717, 1.165) is 19.6 Å². The molecule has 0 heterocycles. The van der Waals surface area contributed by atoms with E-state index in [1.165, 1.54) is 12.8 Å². The average molecular weight is 278 g/mol. The van der Waals surface area contributed by atoms with Crippen LogP contribution in [0.25, 0.3) is 0 Å². The largest absolute Gasteiger partial charge is 0.495 e. The van der Waals surface area contributed by atoms with Crippen LogP contribution >= 0.6 is 0 Å². The number of Topliss-reactive ketones (excluding diaryl/α,β-unsaturated/α-hetero) is 1. The number of nitrogens with zero attached hydrogens (tertiary/aromatic N) is 1. The monoisotopic (exact) mass is 278 g/mol. The molecule has 0 amide bonds. The predicted octanol–water partition coefficient (Wildman–Crippen LogP) is 2.97. The molecule has 2 N–H and O–H groups in total. The average Bonchev–Trinajstić information content (AvgIpc) is 2.47. The van der Waals surface area contributed by atoms with Crippen molar-refractivity contribution in [2.45, 2.75) is 33.1 Å². The summed E-state index contributed by atoms with van der Waals surface area (Å²) in [5, 5.41) is 0. The maximum absolute atomic E-state index is 12.2. The van der Waals surface area contributed by atoms with E-state index in [1.54, 1.807) is 25.3 Å². The van der Waals surface area contributed by atoms with Crippen molar-refractivity contribution in [3.05, 3.63) is 23.8 Å². The molecule has 0 saturated carbocycles. The van der Waals surface area contributed by atoms with Gasteiger partial charge < -0.3 is 15.4 Å². The second-order valence-corrected chi connectivity index (χ2v) is 4.92. The van der Waals surface area contributed by atoms with Crippen LogP contribution in [0.1, 0.15) is 43.5 Å². The molecular formula is C16H26N2O2. The van der Waals surface area contributed by atoms with Crippen molar-refractivity contribution in [2.24, 2.45) is 0 Å². The van der Waals surface area contributed by atoms with Gasteiger partial charge in [0.25, 0.3) is 0 Å². The van der Waals surface area contributed by atoms with Gasteiger partial charge in [-0.25, -0.2) is 0 Å². The van der Waals surface area contributed by atoms with Gasteiger partial charge in [-0.3, -0.25) is 4.79 Å². The van der Waals surface area contributed by atoms with Crippen molar-refractivity contribution < 1.29 is 9.53 Å². The summed E-state index contributed by atoms with van der Waals surface area (Å²) in [7, 11) is 1.57. The topological polar surface area (TPSA) is 55.6 Å². The van der Waals surface area contributed by atoms with Gasteiger partial charge in [0, 0.05) is 18.5 Å². The Hall–Kier alpha value is -1.55. The molecule has 20 heavy (non-hydrogen) atoms. The first-order valence-corrected chi connectivity index (χ1v) is 7.31. The van der Waals surface area contributed by atoms with Crippen LogP contribution in [0.3, 0.4) is 0 Å². The van der Waals surface area contributed by atoms with E-state index >= 15 is 0 Å². The molecule has 4 heteroatoms. The molecule has 0 saturated heterocycles. The van der Waals surface area contributed by atoms with Gasteiger partial charge in [-0.15, -0.1) is 0 Å². The second kappa shape index (κ2) is 8.59. The molecule has 4 nitrogen and oxygen atoms in total. The second-order valence-electron chi connectivity index (χ2n) is 4.92. The number of hydrogen-bond donors (Lipinski definition) is 1. The molecule has 0 unspecified atom stereocenters. The van der Waals surface area contributed by atoms with E-state index in [4.69, 9.17) is 10.5 Å². The maximum atomic E-state index is 12.2. The van der Waals surface area contributed by atoms with Crippen LogP contribution in [-0.2, 0) is 0 Å². The third-order valence-electron chi connectivity index (χ3n) is 3.48. The van der Waals surface area contributed by atoms with Gasteiger partial charge in [-0.2, -0.15) is 0 Å². The molecule has 0 aliphatic heterocycles. The van der Waals surface area contributed by atoms with Gasteiger partial charge in [0.1, 0.15) is 5.75 Å². The molecule has 0 spiro atoms. The maximum Gasteiger partial charge on any atom is 0.164 e. The SMILES string of the molecule is CCCCN(CC)CCC(=O)c1ccc(OC)c(N)c1. The smallest absolute Gasteiger partial charge is 0.164 e. The first-order valence-electron chi connectivity index (χ1n) is 7.31. The highest BCUT2D eigenvalue weighted by molar-refractivity contribution is 5.97. The number of nitrogens with two attached hydrogens (primary N) is 1. The van der Waals surface area contributed by atoms with Crippen molar-refractivity contribution in [3.8, 4) is 5.75 Å². The molecule has 1 aromatic carbocycles. The van der Waals surface area contributed by atoms with Crippen LogP contribution in [0.2, 0.25) is 0 Å². The summed E-state index contributed by atoms with van der Waals surface area (Å²) in [6.07, 6.45) is 2.89. The Morgan fingerprint density at radius 2 is 2.05 bits per heavy atom. The van der Waals surface area contributed by atoms with Gasteiger partial charge in [0.05, 0.1) is 12.8 Å². The normalized spacial score (nSPS) is 10.8. The summed E-state index contributed by atoms with van der Waals surface area (Å²) in [6.45, 7) is 7.16. The Morgan fingerprint density at radius 1 is 1.30 bits per heavy atom. The molecule has 0 aliphatic rings.